The van der Waals surface area contributed by atoms with E-state index in [9.17, 15) is 4.39 Å². The molecule has 1 aliphatic rings. The lowest BCUT2D eigenvalue weighted by Gasteiger charge is -2.11. The van der Waals surface area contributed by atoms with Crippen LogP contribution in [-0.2, 0) is 6.54 Å². The van der Waals surface area contributed by atoms with Crippen molar-refractivity contribution >= 4 is 11.6 Å². The van der Waals surface area contributed by atoms with E-state index in [-0.39, 0.29) is 5.82 Å². The maximum atomic E-state index is 13.5. The molecular weight excluding hydrogens is 409 g/mol. The highest BCUT2D eigenvalue weighted by Gasteiger charge is 2.27. The molecule has 3 aromatic heterocycles. The normalized spacial score (nSPS) is 13.4. The Balaban J connectivity index is 1.54. The second-order valence-corrected chi connectivity index (χ2v) is 8.09. The molecule has 0 bridgehead atoms. The summed E-state index contributed by atoms with van der Waals surface area (Å²) in [7, 11) is 1.61. The molecule has 9 heteroatoms. The van der Waals surface area contributed by atoms with Gasteiger partial charge in [-0.05, 0) is 62.9 Å². The SMILES string of the molecule is COc1c(-c2ccc(F)cc2)nn(CC2CC2)c1Nc1cc(-n2nc(C)cc2C)ncn1. The Bertz CT molecular complexity index is 1260. The van der Waals surface area contributed by atoms with Crippen LogP contribution in [0, 0.1) is 25.6 Å². The third-order valence-corrected chi connectivity index (χ3v) is 5.48. The van der Waals surface area contributed by atoms with Gasteiger partial charge in [0.15, 0.2) is 17.4 Å². The maximum absolute atomic E-state index is 13.5. The number of hydrogen-bond acceptors (Lipinski definition) is 6. The van der Waals surface area contributed by atoms with Crippen molar-refractivity contribution in [1.29, 1.82) is 0 Å². The van der Waals surface area contributed by atoms with Gasteiger partial charge >= 0.3 is 0 Å². The van der Waals surface area contributed by atoms with Gasteiger partial charge in [-0.3, -0.25) is 0 Å². The number of ether oxygens (including phenoxy) is 1. The Kier molecular flexibility index (Phi) is 5.08. The van der Waals surface area contributed by atoms with Crippen LogP contribution >= 0.6 is 0 Å². The minimum absolute atomic E-state index is 0.291. The quantitative estimate of drug-likeness (QED) is 0.464. The van der Waals surface area contributed by atoms with Crippen molar-refractivity contribution < 1.29 is 9.13 Å². The number of anilines is 2. The molecule has 0 unspecified atom stereocenters. The molecule has 1 fully saturated rings. The van der Waals surface area contributed by atoms with E-state index in [0.717, 1.165) is 23.5 Å². The van der Waals surface area contributed by atoms with E-state index in [4.69, 9.17) is 9.84 Å². The van der Waals surface area contributed by atoms with Gasteiger partial charge in [-0.15, -0.1) is 0 Å². The summed E-state index contributed by atoms with van der Waals surface area (Å²) < 4.78 is 22.9. The number of methoxy groups -OCH3 is 1. The average molecular weight is 433 g/mol. The van der Waals surface area contributed by atoms with Gasteiger partial charge in [0.2, 0.25) is 0 Å². The van der Waals surface area contributed by atoms with E-state index >= 15 is 0 Å². The van der Waals surface area contributed by atoms with E-state index in [1.807, 2.05) is 30.7 Å². The van der Waals surface area contributed by atoms with Gasteiger partial charge in [0, 0.05) is 23.9 Å². The lowest BCUT2D eigenvalue weighted by Crippen LogP contribution is -2.09. The predicted molar refractivity (Wildman–Crippen MR) is 119 cm³/mol. The van der Waals surface area contributed by atoms with Gasteiger partial charge in [-0.25, -0.2) is 23.7 Å². The molecule has 32 heavy (non-hydrogen) atoms. The predicted octanol–water partition coefficient (Wildman–Crippen LogP) is 4.44. The van der Waals surface area contributed by atoms with Crippen molar-refractivity contribution in [3.8, 4) is 22.8 Å². The molecular formula is C23H24FN7O. The number of halogens is 1. The molecule has 0 amide bonds. The van der Waals surface area contributed by atoms with E-state index < -0.39 is 0 Å². The fourth-order valence-corrected chi connectivity index (χ4v) is 3.75. The van der Waals surface area contributed by atoms with Gasteiger partial charge < -0.3 is 10.1 Å². The molecule has 164 valence electrons. The number of aromatic nitrogens is 6. The first-order valence-corrected chi connectivity index (χ1v) is 10.6. The van der Waals surface area contributed by atoms with E-state index in [1.54, 1.807) is 23.9 Å². The molecule has 1 aromatic carbocycles. The van der Waals surface area contributed by atoms with Gasteiger partial charge in [0.25, 0.3) is 0 Å². The van der Waals surface area contributed by atoms with Crippen LogP contribution < -0.4 is 10.1 Å². The first kappa shape index (κ1) is 20.2. The Morgan fingerprint density at radius 2 is 1.88 bits per heavy atom. The Morgan fingerprint density at radius 3 is 2.53 bits per heavy atom. The fourth-order valence-electron chi connectivity index (χ4n) is 3.75. The molecule has 0 radical (unpaired) electrons. The zero-order valence-electron chi connectivity index (χ0n) is 18.2. The highest BCUT2D eigenvalue weighted by Crippen LogP contribution is 2.40. The van der Waals surface area contributed by atoms with Crippen LogP contribution in [0.4, 0.5) is 16.0 Å². The molecule has 0 saturated heterocycles. The minimum atomic E-state index is -0.291. The average Bonchev–Trinajstić information content (AvgIpc) is 3.45. The van der Waals surface area contributed by atoms with Crippen LogP contribution in [0.3, 0.4) is 0 Å². The molecule has 1 N–H and O–H groups in total. The van der Waals surface area contributed by atoms with Crippen molar-refractivity contribution in [2.45, 2.75) is 33.2 Å². The van der Waals surface area contributed by atoms with Crippen LogP contribution in [0.2, 0.25) is 0 Å². The van der Waals surface area contributed by atoms with E-state index in [2.05, 4.69) is 20.4 Å². The Hall–Kier alpha value is -3.75. The molecule has 1 saturated carbocycles. The number of aryl methyl sites for hydroxylation is 2. The number of nitrogens with zero attached hydrogens (tertiary/aromatic N) is 6. The summed E-state index contributed by atoms with van der Waals surface area (Å²) >= 11 is 0. The Labute approximate surface area is 185 Å². The van der Waals surface area contributed by atoms with Crippen molar-refractivity contribution in [3.05, 3.63) is 59.9 Å². The number of nitrogens with one attached hydrogen (secondary N) is 1. The zero-order valence-corrected chi connectivity index (χ0v) is 18.2. The molecule has 3 heterocycles. The summed E-state index contributed by atoms with van der Waals surface area (Å²) in [5.41, 5.74) is 3.35. The topological polar surface area (TPSA) is 82.7 Å². The highest BCUT2D eigenvalue weighted by atomic mass is 19.1. The van der Waals surface area contributed by atoms with Crippen molar-refractivity contribution in [3.63, 3.8) is 0 Å². The van der Waals surface area contributed by atoms with Crippen molar-refractivity contribution in [2.75, 3.05) is 12.4 Å². The van der Waals surface area contributed by atoms with Gasteiger partial charge in [0.05, 0.1) is 12.8 Å². The van der Waals surface area contributed by atoms with Crippen LogP contribution in [0.5, 0.6) is 5.75 Å². The lowest BCUT2D eigenvalue weighted by atomic mass is 10.1. The molecule has 0 spiro atoms. The van der Waals surface area contributed by atoms with Gasteiger partial charge in [0.1, 0.15) is 23.7 Å². The molecule has 0 aliphatic heterocycles. The summed E-state index contributed by atoms with van der Waals surface area (Å²) in [5.74, 6) is 2.86. The summed E-state index contributed by atoms with van der Waals surface area (Å²) in [6, 6.07) is 10.1. The first-order valence-electron chi connectivity index (χ1n) is 10.6. The smallest absolute Gasteiger partial charge is 0.189 e. The molecule has 0 atom stereocenters. The molecule has 1 aliphatic carbocycles. The lowest BCUT2D eigenvalue weighted by molar-refractivity contribution is 0.417. The highest BCUT2D eigenvalue weighted by molar-refractivity contribution is 5.76. The fraction of sp³-hybridized carbons (Fsp3) is 0.304. The molecule has 4 aromatic rings. The third-order valence-electron chi connectivity index (χ3n) is 5.48. The van der Waals surface area contributed by atoms with Crippen LogP contribution in [0.25, 0.3) is 17.1 Å². The van der Waals surface area contributed by atoms with Crippen molar-refractivity contribution in [1.82, 2.24) is 29.5 Å². The first-order chi connectivity index (χ1) is 15.5. The van der Waals surface area contributed by atoms with Crippen molar-refractivity contribution in [2.24, 2.45) is 5.92 Å². The van der Waals surface area contributed by atoms with Gasteiger partial charge in [-0.2, -0.15) is 10.2 Å². The largest absolute Gasteiger partial charge is 0.491 e. The maximum Gasteiger partial charge on any atom is 0.189 e. The van der Waals surface area contributed by atoms with Crippen LogP contribution in [0.1, 0.15) is 24.2 Å². The number of benzene rings is 1. The van der Waals surface area contributed by atoms with Gasteiger partial charge in [-0.1, -0.05) is 0 Å². The summed E-state index contributed by atoms with van der Waals surface area (Å²) in [5, 5.41) is 12.7. The van der Waals surface area contributed by atoms with E-state index in [0.29, 0.717) is 34.8 Å². The second-order valence-electron chi connectivity index (χ2n) is 8.09. The molecule has 8 nitrogen and oxygen atoms in total. The zero-order chi connectivity index (χ0) is 22.2. The standard InChI is InChI=1S/C23H24FN7O/c1-14-10-15(2)31(28-14)20-11-19(25-13-26-20)27-23-22(32-3)21(17-6-8-18(24)9-7-17)29-30(23)12-16-4-5-16/h6-11,13,16H,4-5,12H2,1-3H3,(H,25,26,27). The van der Waals surface area contributed by atoms with Crippen LogP contribution in [0.15, 0.2) is 42.7 Å². The van der Waals surface area contributed by atoms with Crippen LogP contribution in [-0.4, -0.2) is 36.6 Å². The third kappa shape index (κ3) is 3.93. The monoisotopic (exact) mass is 433 g/mol. The summed E-state index contributed by atoms with van der Waals surface area (Å²) in [6.07, 6.45) is 3.87. The molecule has 5 rings (SSSR count). The number of hydrogen-bond donors (Lipinski definition) is 1. The van der Waals surface area contributed by atoms with E-state index in [1.165, 1.54) is 31.3 Å². The second kappa shape index (κ2) is 8.07. The Morgan fingerprint density at radius 1 is 1.09 bits per heavy atom. The minimum Gasteiger partial charge on any atom is -0.491 e. The summed E-state index contributed by atoms with van der Waals surface area (Å²) in [4.78, 5) is 8.76. The number of rotatable bonds is 7. The summed E-state index contributed by atoms with van der Waals surface area (Å²) in [6.45, 7) is 4.70.